The lowest BCUT2D eigenvalue weighted by Gasteiger charge is -2.09. The molecule has 42 nitrogen and oxygen atoms in total. The van der Waals surface area contributed by atoms with E-state index in [4.69, 9.17) is 0 Å². The zero-order chi connectivity index (χ0) is 102. The second-order valence-corrected chi connectivity index (χ2v) is 37.0. The predicted octanol–water partition coefficient (Wildman–Crippen LogP) is 8.16. The molecule has 15 heterocycles. The van der Waals surface area contributed by atoms with Crippen LogP contribution < -0.4 is 72.2 Å². The van der Waals surface area contributed by atoms with Crippen LogP contribution >= 0.6 is 45.3 Å². The second-order valence-electron chi connectivity index (χ2n) is 33.3. The van der Waals surface area contributed by atoms with Gasteiger partial charge < -0.3 is 43.4 Å². The van der Waals surface area contributed by atoms with Gasteiger partial charge in [-0.3, -0.25) is 93.6 Å². The third-order valence-electron chi connectivity index (χ3n) is 23.8. The quantitative estimate of drug-likeness (QED) is 0.0460. The number of Topliss-reactive ketones (excluding diaryl/α,β-unsaturated/α-hetero) is 2. The largest absolute Gasteiger partial charge is 0.332 e. The molecule has 0 saturated heterocycles. The van der Waals surface area contributed by atoms with E-state index in [1.165, 1.54) is 118 Å². The number of ketones is 2. The highest BCUT2D eigenvalue weighted by molar-refractivity contribution is 7.14. The number of amides is 3. The topological polar surface area (TPSA) is 474 Å². The molecule has 15 aromatic heterocycles. The van der Waals surface area contributed by atoms with Crippen molar-refractivity contribution >= 4 is 148 Å². The summed E-state index contributed by atoms with van der Waals surface area (Å²) in [6, 6.07) is 46.3. The van der Waals surface area contributed by atoms with Gasteiger partial charge in [0.1, 0.15) is 34.7 Å². The molecule has 0 aliphatic rings. The summed E-state index contributed by atoms with van der Waals surface area (Å²) in [6.45, 7) is 0.931. The minimum Gasteiger partial charge on any atom is -0.326 e. The van der Waals surface area contributed by atoms with Gasteiger partial charge in [-0.15, -0.1) is 45.3 Å². The van der Waals surface area contributed by atoms with Gasteiger partial charge >= 0.3 is 28.4 Å². The standard InChI is InChI=1S/C21H20N4O3S.C20H20N6O3S.C20H19N5O3S.C19H17N5O3S.C18H17N7O3/c1-23-19-18(20(27)24(2)21(23)28)25(13-22-19)10-9-16(26)12-14-5-7-15(8-6-14)17-4-3-11-29-17;1-24-17-16(19(28)25(2)20(24)29)26(12-22-17)10-3-4-15(27)23-14-7-5-13(6-8-14)18-21-9-11-30-18;1-23-17-16(19(27)24(2)20(23)28)25(12-22-17)9-7-15(26)11-13-3-5-14(6-4-13)18-21-8-10-29-18;1-22-17-16(18(26)23(2)19(22)27)24(11-20-17)10-15(25)21-13-7-5-12(6-8-13)14-4-3-9-28-14;1-22-16-15(17(27)23(2)18(22)28)25(11-20-16)9-14(26)21-12-3-5-13(6-4-12)24-8-7-19-10-24/h3-8,11,13H,9-10,12H2,1-2H3;5-9,11-12H,3-4,10H2,1-2H3,(H,23,27);3-6,8,10,12H,7,9,11H2,1-2H3;3-9,11H,10H2,1-2H3,(H,21,25);3-8,10-11H,9H2,1-2H3,(H,21,26). The highest BCUT2D eigenvalue weighted by Gasteiger charge is 2.23. The number of benzene rings is 5. The van der Waals surface area contributed by atoms with E-state index in [-0.39, 0.29) is 77.5 Å². The SMILES string of the molecule is Cn1c(=O)c2c(ncn2CC(=O)Nc2ccc(-c3cccs3)cc2)n(C)c1=O.Cn1c(=O)c2c(ncn2CC(=O)Nc2ccc(-n3ccnc3)cc2)n(C)c1=O.Cn1c(=O)c2c(ncn2CCC(=O)Cc2ccc(-c3cccs3)cc2)n(C)c1=O.Cn1c(=O)c2c(ncn2CCC(=O)Cc2ccc(-c3nccs3)cc2)n(C)c1=O.Cn1c(=O)c2c(ncn2CCCC(=O)Nc2ccc(-c3nccs3)cc2)n(C)c1=O. The van der Waals surface area contributed by atoms with E-state index >= 15 is 0 Å². The summed E-state index contributed by atoms with van der Waals surface area (Å²) in [4.78, 5) is 220. The summed E-state index contributed by atoms with van der Waals surface area (Å²) in [5.41, 5.74) is 7.63. The van der Waals surface area contributed by atoms with Crippen LogP contribution in [0.1, 0.15) is 36.8 Å². The monoisotopic (exact) mass is 2020 g/mol. The van der Waals surface area contributed by atoms with Crippen LogP contribution in [0, 0.1) is 0 Å². The van der Waals surface area contributed by atoms with Crippen molar-refractivity contribution in [2.24, 2.45) is 70.5 Å². The van der Waals surface area contributed by atoms with Gasteiger partial charge in [-0.05, 0) is 112 Å². The fraction of sp³-hybridized carbons (Fsp3) is 0.214. The van der Waals surface area contributed by atoms with E-state index in [1.54, 1.807) is 117 Å². The van der Waals surface area contributed by atoms with E-state index < -0.39 is 56.2 Å². The fourth-order valence-corrected chi connectivity index (χ4v) is 18.7. The summed E-state index contributed by atoms with van der Waals surface area (Å²) >= 11 is 6.47. The number of hydrogen-bond acceptors (Lipinski definition) is 27. The highest BCUT2D eigenvalue weighted by Crippen LogP contribution is 2.30. The molecule has 20 aromatic rings. The molecule has 0 atom stereocenters. The van der Waals surface area contributed by atoms with Crippen LogP contribution in [0.5, 0.6) is 0 Å². The molecule has 0 aliphatic carbocycles. The van der Waals surface area contributed by atoms with Crippen molar-refractivity contribution in [2.75, 3.05) is 16.0 Å². The van der Waals surface area contributed by atoms with E-state index in [2.05, 4.69) is 61.9 Å². The molecule has 0 radical (unpaired) electrons. The van der Waals surface area contributed by atoms with Gasteiger partial charge in [0.15, 0.2) is 55.8 Å². The lowest BCUT2D eigenvalue weighted by Crippen LogP contribution is -2.37. The van der Waals surface area contributed by atoms with Crippen LogP contribution in [0.25, 0.3) is 104 Å². The summed E-state index contributed by atoms with van der Waals surface area (Å²) in [5, 5.41) is 18.3. The van der Waals surface area contributed by atoms with Crippen LogP contribution in [-0.4, -0.2) is 142 Å². The molecule has 46 heteroatoms. The molecular formula is C98H93N27O15S4. The molecule has 0 bridgehead atoms. The first-order chi connectivity index (χ1) is 69.3. The number of imidazole rings is 6. The number of hydrogen-bond donors (Lipinski definition) is 3. The summed E-state index contributed by atoms with van der Waals surface area (Å²) < 4.78 is 21.4. The molecule has 0 unspecified atom stereocenters. The molecular weight excluding hydrogens is 1920 g/mol. The van der Waals surface area contributed by atoms with Gasteiger partial charge in [0.2, 0.25) is 17.7 Å². The Kier molecular flexibility index (Phi) is 30.0. The minimum absolute atomic E-state index is 0.0653. The van der Waals surface area contributed by atoms with Gasteiger partial charge in [-0.2, -0.15) is 0 Å². The predicted molar refractivity (Wildman–Crippen MR) is 551 cm³/mol. The van der Waals surface area contributed by atoms with Gasteiger partial charge in [0.05, 0.1) is 38.0 Å². The first-order valence-corrected chi connectivity index (χ1v) is 48.1. The van der Waals surface area contributed by atoms with Crippen LogP contribution in [0.2, 0.25) is 0 Å². The van der Waals surface area contributed by atoms with Gasteiger partial charge in [-0.25, -0.2) is 63.8 Å². The number of carbonyl (C=O) groups excluding carboxylic acids is 5. The van der Waals surface area contributed by atoms with Crippen LogP contribution in [0.15, 0.2) is 278 Å². The van der Waals surface area contributed by atoms with E-state index in [0.717, 1.165) is 82.5 Å². The second kappa shape index (κ2) is 43.5. The van der Waals surface area contributed by atoms with Crippen molar-refractivity contribution in [1.29, 1.82) is 0 Å². The van der Waals surface area contributed by atoms with E-state index in [0.29, 0.717) is 90.2 Å². The Morgan fingerprint density at radius 2 is 0.611 bits per heavy atom. The summed E-state index contributed by atoms with van der Waals surface area (Å²) in [5.74, 6) is -0.570. The third kappa shape index (κ3) is 21.6. The smallest absolute Gasteiger partial charge is 0.326 e. The Labute approximate surface area is 829 Å². The zero-order valence-electron chi connectivity index (χ0n) is 79.2. The third-order valence-corrected chi connectivity index (χ3v) is 27.2. The van der Waals surface area contributed by atoms with Gasteiger partial charge in [0.25, 0.3) is 27.8 Å². The number of thiazole rings is 2. The molecule has 0 fully saturated rings. The van der Waals surface area contributed by atoms with Crippen molar-refractivity contribution in [2.45, 2.75) is 71.2 Å². The number of aromatic nitrogens is 24. The van der Waals surface area contributed by atoms with Crippen molar-refractivity contribution in [3.05, 3.63) is 345 Å². The number of thiophene rings is 2. The number of fused-ring (bicyclic) bond motifs is 5. The normalized spacial score (nSPS) is 11.2. The number of nitrogens with one attached hydrogen (secondary N) is 3. The number of nitrogens with zero attached hydrogens (tertiary/aromatic N) is 24. The number of anilines is 3. The van der Waals surface area contributed by atoms with E-state index in [9.17, 15) is 71.9 Å². The maximum absolute atomic E-state index is 12.5. The summed E-state index contributed by atoms with van der Waals surface area (Å²) in [7, 11) is 14.9. The average Bonchev–Trinajstić information content (AvgIpc) is 1.65. The first-order valence-electron chi connectivity index (χ1n) is 44.6. The van der Waals surface area contributed by atoms with Crippen molar-refractivity contribution in [3.63, 3.8) is 0 Å². The van der Waals surface area contributed by atoms with Crippen molar-refractivity contribution in [1.82, 2.24) is 113 Å². The maximum atomic E-state index is 12.5. The zero-order valence-corrected chi connectivity index (χ0v) is 82.5. The average molecular weight is 2020 g/mol. The lowest BCUT2D eigenvalue weighted by atomic mass is 10.0. The fourth-order valence-electron chi connectivity index (χ4n) is 15.9. The van der Waals surface area contributed by atoms with Gasteiger partial charge in [-0.1, -0.05) is 72.8 Å². The van der Waals surface area contributed by atoms with Crippen molar-refractivity contribution < 1.29 is 24.0 Å². The molecule has 0 saturated carbocycles. The van der Waals surface area contributed by atoms with Crippen molar-refractivity contribution in [3.8, 4) is 47.7 Å². The van der Waals surface area contributed by atoms with Crippen LogP contribution in [-0.2, 0) is 140 Å². The minimum atomic E-state index is -0.493. The molecule has 0 aliphatic heterocycles. The molecule has 3 amide bonds. The van der Waals surface area contributed by atoms with Gasteiger partial charge in [0, 0.05) is 201 Å². The Hall–Kier alpha value is -17.5. The lowest BCUT2D eigenvalue weighted by molar-refractivity contribution is -0.119. The number of rotatable bonds is 26. The highest BCUT2D eigenvalue weighted by atomic mass is 32.1. The Morgan fingerprint density at radius 3 is 0.938 bits per heavy atom. The van der Waals surface area contributed by atoms with Crippen LogP contribution in [0.3, 0.4) is 0 Å². The number of aryl methyl sites for hydroxylation is 8. The summed E-state index contributed by atoms with van der Waals surface area (Å²) in [6.07, 6.45) is 18.1. The molecule has 3 N–H and O–H groups in total. The molecule has 734 valence electrons. The number of carbonyl (C=O) groups is 5. The first kappa shape index (κ1) is 99.5. The van der Waals surface area contributed by atoms with E-state index in [1.807, 2.05) is 160 Å². The molecule has 5 aromatic carbocycles. The Morgan fingerprint density at radius 1 is 0.299 bits per heavy atom. The molecule has 20 rings (SSSR count). The Bertz CT molecular complexity index is 8440. The molecule has 144 heavy (non-hydrogen) atoms. The maximum Gasteiger partial charge on any atom is 0.332 e. The molecule has 0 spiro atoms. The van der Waals surface area contributed by atoms with Crippen LogP contribution in [0.4, 0.5) is 17.1 Å². The Balaban J connectivity index is 0.000000129.